The maximum Gasteiger partial charge on any atom is 0.257 e. The van der Waals surface area contributed by atoms with Gasteiger partial charge in [-0.3, -0.25) is 9.59 Å². The van der Waals surface area contributed by atoms with Gasteiger partial charge in [0.1, 0.15) is 0 Å². The zero-order valence-electron chi connectivity index (χ0n) is 16.1. The Balaban J connectivity index is 1.58. The van der Waals surface area contributed by atoms with Gasteiger partial charge in [-0.1, -0.05) is 46.4 Å². The van der Waals surface area contributed by atoms with Gasteiger partial charge in [0.15, 0.2) is 0 Å². The molecule has 3 rings (SSSR count). The highest BCUT2D eigenvalue weighted by Gasteiger charge is 2.16. The van der Waals surface area contributed by atoms with Gasteiger partial charge in [-0.2, -0.15) is 0 Å². The molecule has 0 spiro atoms. The van der Waals surface area contributed by atoms with Crippen molar-refractivity contribution in [1.82, 2.24) is 0 Å². The molecule has 0 radical (unpaired) electrons. The fraction of sp³-hybridized carbons (Fsp3) is 0.0909. The Kier molecular flexibility index (Phi) is 8.14. The van der Waals surface area contributed by atoms with Crippen LogP contribution in [0, 0.1) is 0 Å². The van der Waals surface area contributed by atoms with E-state index in [-0.39, 0.29) is 22.1 Å². The van der Waals surface area contributed by atoms with Crippen LogP contribution in [-0.2, 0) is 4.79 Å². The minimum atomic E-state index is -0.359. The number of carbonyl (C=O) groups is 2. The first-order valence-corrected chi connectivity index (χ1v) is 11.4. The predicted molar refractivity (Wildman–Crippen MR) is 131 cm³/mol. The van der Waals surface area contributed by atoms with Gasteiger partial charge in [0.05, 0.1) is 25.9 Å². The van der Waals surface area contributed by atoms with Crippen LogP contribution in [0.2, 0.25) is 20.1 Å². The van der Waals surface area contributed by atoms with Crippen molar-refractivity contribution in [2.24, 2.45) is 0 Å². The van der Waals surface area contributed by atoms with Crippen LogP contribution in [0.3, 0.4) is 0 Å². The van der Waals surface area contributed by atoms with Crippen LogP contribution < -0.4 is 10.6 Å². The summed E-state index contributed by atoms with van der Waals surface area (Å²) in [5.74, 6) is -0.505. The lowest BCUT2D eigenvalue weighted by molar-refractivity contribution is -0.115. The van der Waals surface area contributed by atoms with Crippen LogP contribution >= 0.6 is 58.2 Å². The molecule has 1 unspecified atom stereocenters. The molecule has 0 aromatic heterocycles. The second-order valence-corrected chi connectivity index (χ2v) is 9.55. The molecule has 0 aliphatic carbocycles. The highest BCUT2D eigenvalue weighted by Crippen LogP contribution is 2.28. The number of carbonyl (C=O) groups excluding carboxylic acids is 2. The Bertz CT molecular complexity index is 1120. The van der Waals surface area contributed by atoms with Gasteiger partial charge in [-0.05, 0) is 67.6 Å². The molecule has 0 aliphatic heterocycles. The molecule has 0 bridgehead atoms. The first-order valence-electron chi connectivity index (χ1n) is 9.02. The quantitative estimate of drug-likeness (QED) is 0.332. The van der Waals surface area contributed by atoms with Crippen LogP contribution in [0.4, 0.5) is 11.4 Å². The molecule has 0 heterocycles. The topological polar surface area (TPSA) is 58.2 Å². The first kappa shape index (κ1) is 23.8. The molecule has 9 heteroatoms. The van der Waals surface area contributed by atoms with E-state index in [9.17, 15) is 9.59 Å². The molecular formula is C22H16Cl4N2O2S. The molecule has 1 atom stereocenters. The van der Waals surface area contributed by atoms with E-state index >= 15 is 0 Å². The van der Waals surface area contributed by atoms with Gasteiger partial charge in [0.25, 0.3) is 5.91 Å². The Morgan fingerprint density at radius 1 is 0.774 bits per heavy atom. The third-order valence-corrected chi connectivity index (χ3v) is 6.56. The van der Waals surface area contributed by atoms with Crippen molar-refractivity contribution >= 4 is 81.4 Å². The minimum Gasteiger partial charge on any atom is -0.325 e. The van der Waals surface area contributed by atoms with Gasteiger partial charge in [0.2, 0.25) is 5.91 Å². The highest BCUT2D eigenvalue weighted by molar-refractivity contribution is 8.00. The number of hydrogen-bond acceptors (Lipinski definition) is 3. The standard InChI is InChI=1S/C22H16Cl4N2O2S/c1-12(21(29)28-15-5-9-18(24)20(26)11-15)31-16-6-3-14(4-7-16)27-22(30)17-8-2-13(23)10-19(17)25/h2-12H,1H3,(H,27,30)(H,28,29). The number of thioether (sulfide) groups is 1. The molecule has 0 fully saturated rings. The molecule has 2 amide bonds. The molecule has 0 aliphatic rings. The minimum absolute atomic E-state index is 0.168. The van der Waals surface area contributed by atoms with E-state index in [0.29, 0.717) is 32.0 Å². The molecule has 0 saturated heterocycles. The molecule has 0 saturated carbocycles. The molecule has 2 N–H and O–H groups in total. The Hall–Kier alpha value is -1.89. The van der Waals surface area contributed by atoms with Crippen molar-refractivity contribution < 1.29 is 9.59 Å². The lowest BCUT2D eigenvalue weighted by Crippen LogP contribution is -2.22. The van der Waals surface area contributed by atoms with E-state index in [1.807, 2.05) is 12.1 Å². The van der Waals surface area contributed by atoms with E-state index in [1.165, 1.54) is 17.8 Å². The fourth-order valence-electron chi connectivity index (χ4n) is 2.56. The zero-order chi connectivity index (χ0) is 22.5. The summed E-state index contributed by atoms with van der Waals surface area (Å²) < 4.78 is 0. The molecular weight excluding hydrogens is 498 g/mol. The van der Waals surface area contributed by atoms with Crippen molar-refractivity contribution in [1.29, 1.82) is 0 Å². The highest BCUT2D eigenvalue weighted by atomic mass is 35.5. The summed E-state index contributed by atoms with van der Waals surface area (Å²) in [6.07, 6.45) is 0. The number of benzene rings is 3. The Labute approximate surface area is 204 Å². The Morgan fingerprint density at radius 2 is 1.45 bits per heavy atom. The first-order chi connectivity index (χ1) is 14.7. The van der Waals surface area contributed by atoms with Crippen LogP contribution in [-0.4, -0.2) is 17.1 Å². The van der Waals surface area contributed by atoms with Crippen molar-refractivity contribution in [2.45, 2.75) is 17.1 Å². The Morgan fingerprint density at radius 3 is 2.10 bits per heavy atom. The summed E-state index contributed by atoms with van der Waals surface area (Å²) >= 11 is 25.2. The van der Waals surface area contributed by atoms with Gasteiger partial charge in [-0.25, -0.2) is 0 Å². The lowest BCUT2D eigenvalue weighted by atomic mass is 10.2. The van der Waals surface area contributed by atoms with E-state index in [2.05, 4.69) is 10.6 Å². The van der Waals surface area contributed by atoms with Crippen LogP contribution in [0.5, 0.6) is 0 Å². The summed E-state index contributed by atoms with van der Waals surface area (Å²) in [7, 11) is 0. The fourth-order valence-corrected chi connectivity index (χ4v) is 4.22. The second-order valence-electron chi connectivity index (χ2n) is 6.48. The summed E-state index contributed by atoms with van der Waals surface area (Å²) in [4.78, 5) is 25.7. The average molecular weight is 514 g/mol. The zero-order valence-corrected chi connectivity index (χ0v) is 19.9. The maximum atomic E-state index is 12.5. The van der Waals surface area contributed by atoms with Crippen molar-refractivity contribution in [3.05, 3.63) is 86.3 Å². The number of rotatable bonds is 6. The molecule has 3 aromatic rings. The molecule has 4 nitrogen and oxygen atoms in total. The third-order valence-electron chi connectivity index (χ3n) is 4.16. The smallest absolute Gasteiger partial charge is 0.257 e. The average Bonchev–Trinajstić information content (AvgIpc) is 2.72. The number of anilines is 2. The van der Waals surface area contributed by atoms with E-state index in [0.717, 1.165) is 4.90 Å². The summed E-state index contributed by atoms with van der Waals surface area (Å²) in [6, 6.07) is 16.8. The van der Waals surface area contributed by atoms with Crippen LogP contribution in [0.15, 0.2) is 65.6 Å². The molecule has 31 heavy (non-hydrogen) atoms. The van der Waals surface area contributed by atoms with Gasteiger partial charge < -0.3 is 10.6 Å². The summed E-state index contributed by atoms with van der Waals surface area (Å²) in [5, 5.41) is 6.77. The van der Waals surface area contributed by atoms with Gasteiger partial charge >= 0.3 is 0 Å². The van der Waals surface area contributed by atoms with Gasteiger partial charge in [-0.15, -0.1) is 11.8 Å². The molecule has 3 aromatic carbocycles. The van der Waals surface area contributed by atoms with Gasteiger partial charge in [0, 0.05) is 21.3 Å². The number of nitrogens with one attached hydrogen (secondary N) is 2. The summed E-state index contributed by atoms with van der Waals surface area (Å²) in [5.41, 5.74) is 1.51. The van der Waals surface area contributed by atoms with Crippen molar-refractivity contribution in [3.8, 4) is 0 Å². The van der Waals surface area contributed by atoms with E-state index in [1.54, 1.807) is 49.4 Å². The second kappa shape index (κ2) is 10.6. The lowest BCUT2D eigenvalue weighted by Gasteiger charge is -2.13. The third kappa shape index (κ3) is 6.55. The molecule has 160 valence electrons. The maximum absolute atomic E-state index is 12.5. The summed E-state index contributed by atoms with van der Waals surface area (Å²) in [6.45, 7) is 1.80. The largest absolute Gasteiger partial charge is 0.325 e. The number of amides is 2. The van der Waals surface area contributed by atoms with E-state index < -0.39 is 0 Å². The van der Waals surface area contributed by atoms with Crippen LogP contribution in [0.1, 0.15) is 17.3 Å². The van der Waals surface area contributed by atoms with Crippen LogP contribution in [0.25, 0.3) is 0 Å². The van der Waals surface area contributed by atoms with Crippen molar-refractivity contribution in [3.63, 3.8) is 0 Å². The van der Waals surface area contributed by atoms with Crippen molar-refractivity contribution in [2.75, 3.05) is 10.6 Å². The predicted octanol–water partition coefficient (Wildman–Crippen LogP) is 7.67. The number of hydrogen-bond donors (Lipinski definition) is 2. The number of halogens is 4. The van der Waals surface area contributed by atoms with E-state index in [4.69, 9.17) is 46.4 Å². The monoisotopic (exact) mass is 512 g/mol. The SMILES string of the molecule is CC(Sc1ccc(NC(=O)c2ccc(Cl)cc2Cl)cc1)C(=O)Nc1ccc(Cl)c(Cl)c1. The normalized spacial score (nSPS) is 11.6.